The molecule has 0 saturated heterocycles. The molecule has 0 saturated carbocycles. The summed E-state index contributed by atoms with van der Waals surface area (Å²) >= 11 is 0. The summed E-state index contributed by atoms with van der Waals surface area (Å²) in [4.78, 5) is 4.09. The van der Waals surface area contributed by atoms with Gasteiger partial charge in [-0.2, -0.15) is 0 Å². The molecule has 0 aliphatic carbocycles. The molecular weight excluding hydrogens is 238 g/mol. The van der Waals surface area contributed by atoms with Gasteiger partial charge in [0.05, 0.1) is 12.8 Å². The average molecular weight is 253 g/mol. The van der Waals surface area contributed by atoms with Crippen molar-refractivity contribution < 1.29 is 9.84 Å². The smallest absolute Gasteiger partial charge is 0.139 e. The highest BCUT2D eigenvalue weighted by Crippen LogP contribution is 2.12. The molecular formula is C16H15NO2. The largest absolute Gasteiger partial charge is 0.487 e. The van der Waals surface area contributed by atoms with Crippen LogP contribution in [0.1, 0.15) is 17.5 Å². The molecule has 1 N–H and O–H groups in total. The predicted octanol–water partition coefficient (Wildman–Crippen LogP) is 2.39. The lowest BCUT2D eigenvalue weighted by molar-refractivity contribution is 0.305. The molecule has 0 atom stereocenters. The molecule has 0 amide bonds. The first-order chi connectivity index (χ1) is 9.38. The number of hydrogen-bond donors (Lipinski definition) is 1. The number of hydrogen-bond acceptors (Lipinski definition) is 3. The van der Waals surface area contributed by atoms with Gasteiger partial charge in [-0.25, -0.2) is 0 Å². The van der Waals surface area contributed by atoms with E-state index in [1.54, 1.807) is 12.4 Å². The van der Waals surface area contributed by atoms with Crippen molar-refractivity contribution in [3.8, 4) is 17.6 Å². The third-order valence-electron chi connectivity index (χ3n) is 2.43. The van der Waals surface area contributed by atoms with Crippen LogP contribution in [0.4, 0.5) is 0 Å². The molecule has 1 aromatic carbocycles. The Labute approximate surface area is 112 Å². The van der Waals surface area contributed by atoms with Crippen LogP contribution >= 0.6 is 0 Å². The van der Waals surface area contributed by atoms with E-state index in [0.717, 1.165) is 11.1 Å². The van der Waals surface area contributed by atoms with Gasteiger partial charge in [-0.3, -0.25) is 4.98 Å². The average Bonchev–Trinajstić information content (AvgIpc) is 2.47. The molecule has 2 rings (SSSR count). The van der Waals surface area contributed by atoms with E-state index in [1.807, 2.05) is 36.4 Å². The van der Waals surface area contributed by atoms with Gasteiger partial charge >= 0.3 is 0 Å². The van der Waals surface area contributed by atoms with Crippen LogP contribution in [0.2, 0.25) is 0 Å². The van der Waals surface area contributed by atoms with Gasteiger partial charge < -0.3 is 9.84 Å². The molecule has 96 valence electrons. The Morgan fingerprint density at radius 1 is 1.16 bits per heavy atom. The van der Waals surface area contributed by atoms with Crippen LogP contribution in [0.25, 0.3) is 0 Å². The summed E-state index contributed by atoms with van der Waals surface area (Å²) in [6.07, 6.45) is 3.81. The van der Waals surface area contributed by atoms with E-state index in [1.165, 1.54) is 0 Å². The van der Waals surface area contributed by atoms with Crippen molar-refractivity contribution in [3.05, 3.63) is 59.9 Å². The SMILES string of the molecule is OCCC#Cc1cncc(OCc2ccccc2)c1. The van der Waals surface area contributed by atoms with Crippen molar-refractivity contribution in [2.45, 2.75) is 13.0 Å². The zero-order chi connectivity index (χ0) is 13.3. The van der Waals surface area contributed by atoms with Gasteiger partial charge in [0, 0.05) is 18.2 Å². The van der Waals surface area contributed by atoms with Gasteiger partial charge in [-0.15, -0.1) is 0 Å². The Morgan fingerprint density at radius 3 is 2.79 bits per heavy atom. The Balaban J connectivity index is 1.98. The fourth-order valence-electron chi connectivity index (χ4n) is 1.53. The first kappa shape index (κ1) is 13.1. The number of benzene rings is 1. The number of rotatable bonds is 4. The van der Waals surface area contributed by atoms with Crippen LogP contribution in [0.5, 0.6) is 5.75 Å². The van der Waals surface area contributed by atoms with Crippen molar-refractivity contribution in [2.24, 2.45) is 0 Å². The van der Waals surface area contributed by atoms with Gasteiger partial charge in [0.1, 0.15) is 12.4 Å². The third-order valence-corrected chi connectivity index (χ3v) is 2.43. The summed E-state index contributed by atoms with van der Waals surface area (Å²) in [6, 6.07) is 11.8. The lowest BCUT2D eigenvalue weighted by atomic mass is 10.2. The molecule has 2 aromatic rings. The Morgan fingerprint density at radius 2 is 2.00 bits per heavy atom. The monoisotopic (exact) mass is 253 g/mol. The van der Waals surface area contributed by atoms with Crippen LogP contribution in [-0.4, -0.2) is 16.7 Å². The van der Waals surface area contributed by atoms with Crippen molar-refractivity contribution >= 4 is 0 Å². The van der Waals surface area contributed by atoms with Gasteiger partial charge in [0.25, 0.3) is 0 Å². The number of aliphatic hydroxyl groups is 1. The normalized spacial score (nSPS) is 9.53. The highest BCUT2D eigenvalue weighted by Gasteiger charge is 1.97. The van der Waals surface area contributed by atoms with Crippen LogP contribution in [-0.2, 0) is 6.61 Å². The first-order valence-corrected chi connectivity index (χ1v) is 6.10. The maximum absolute atomic E-state index is 8.67. The molecule has 0 aliphatic rings. The fourth-order valence-corrected chi connectivity index (χ4v) is 1.53. The zero-order valence-corrected chi connectivity index (χ0v) is 10.5. The standard InChI is InChI=1S/C16H15NO2/c18-9-5-4-8-15-10-16(12-17-11-15)19-13-14-6-2-1-3-7-14/h1-3,6-7,10-12,18H,5,9,13H2. The van der Waals surface area contributed by atoms with Crippen LogP contribution < -0.4 is 4.74 Å². The minimum Gasteiger partial charge on any atom is -0.487 e. The molecule has 3 nitrogen and oxygen atoms in total. The van der Waals surface area contributed by atoms with Crippen molar-refractivity contribution in [3.63, 3.8) is 0 Å². The second kappa shape index (κ2) is 7.20. The second-order valence-corrected chi connectivity index (χ2v) is 3.96. The van der Waals surface area contributed by atoms with E-state index in [-0.39, 0.29) is 6.61 Å². The molecule has 3 heteroatoms. The molecule has 0 radical (unpaired) electrons. The molecule has 0 fully saturated rings. The number of ether oxygens (including phenoxy) is 1. The topological polar surface area (TPSA) is 42.4 Å². The quantitative estimate of drug-likeness (QED) is 0.851. The Bertz CT molecular complexity index is 570. The summed E-state index contributed by atoms with van der Waals surface area (Å²) in [6.45, 7) is 0.584. The lowest BCUT2D eigenvalue weighted by Crippen LogP contribution is -1.95. The lowest BCUT2D eigenvalue weighted by Gasteiger charge is -2.05. The Hall–Kier alpha value is -2.31. The summed E-state index contributed by atoms with van der Waals surface area (Å²) < 4.78 is 5.66. The predicted molar refractivity (Wildman–Crippen MR) is 73.6 cm³/mol. The first-order valence-electron chi connectivity index (χ1n) is 6.10. The summed E-state index contributed by atoms with van der Waals surface area (Å²) in [5.41, 5.74) is 1.90. The number of aliphatic hydroxyl groups excluding tert-OH is 1. The molecule has 0 unspecified atom stereocenters. The fraction of sp³-hybridized carbons (Fsp3) is 0.188. The maximum Gasteiger partial charge on any atom is 0.139 e. The molecule has 0 aliphatic heterocycles. The number of pyridine rings is 1. The summed E-state index contributed by atoms with van der Waals surface area (Å²) in [5, 5.41) is 8.67. The minimum absolute atomic E-state index is 0.0740. The van der Waals surface area contributed by atoms with Crippen LogP contribution in [0, 0.1) is 11.8 Å². The zero-order valence-electron chi connectivity index (χ0n) is 10.5. The molecule has 1 heterocycles. The van der Waals surface area contributed by atoms with Crippen molar-refractivity contribution in [1.29, 1.82) is 0 Å². The molecule has 0 spiro atoms. The molecule has 1 aromatic heterocycles. The maximum atomic E-state index is 8.67. The van der Waals surface area contributed by atoms with E-state index >= 15 is 0 Å². The van der Waals surface area contributed by atoms with E-state index in [0.29, 0.717) is 18.8 Å². The van der Waals surface area contributed by atoms with E-state index in [9.17, 15) is 0 Å². The van der Waals surface area contributed by atoms with E-state index in [4.69, 9.17) is 9.84 Å². The van der Waals surface area contributed by atoms with Crippen LogP contribution in [0.3, 0.4) is 0 Å². The van der Waals surface area contributed by atoms with Gasteiger partial charge in [0.15, 0.2) is 0 Å². The summed E-state index contributed by atoms with van der Waals surface area (Å²) in [7, 11) is 0. The van der Waals surface area contributed by atoms with Gasteiger partial charge in [-0.1, -0.05) is 42.2 Å². The van der Waals surface area contributed by atoms with Crippen molar-refractivity contribution in [2.75, 3.05) is 6.61 Å². The molecule has 0 bridgehead atoms. The minimum atomic E-state index is 0.0740. The Kier molecular flexibility index (Phi) is 4.97. The number of nitrogens with zero attached hydrogens (tertiary/aromatic N) is 1. The van der Waals surface area contributed by atoms with E-state index < -0.39 is 0 Å². The number of aromatic nitrogens is 1. The van der Waals surface area contributed by atoms with E-state index in [2.05, 4.69) is 16.8 Å². The third kappa shape index (κ3) is 4.46. The summed E-state index contributed by atoms with van der Waals surface area (Å²) in [5.74, 6) is 6.48. The molecule has 19 heavy (non-hydrogen) atoms. The highest BCUT2D eigenvalue weighted by atomic mass is 16.5. The van der Waals surface area contributed by atoms with Crippen molar-refractivity contribution in [1.82, 2.24) is 4.98 Å². The van der Waals surface area contributed by atoms with Crippen LogP contribution in [0.15, 0.2) is 48.8 Å². The second-order valence-electron chi connectivity index (χ2n) is 3.96. The van der Waals surface area contributed by atoms with Gasteiger partial charge in [0.2, 0.25) is 0 Å². The highest BCUT2D eigenvalue weighted by molar-refractivity contribution is 5.36. The van der Waals surface area contributed by atoms with Gasteiger partial charge in [-0.05, 0) is 11.6 Å².